The second-order valence-corrected chi connectivity index (χ2v) is 9.00. The first-order chi connectivity index (χ1) is 15.5. The molecular weight excluding hydrogens is 422 g/mol. The Morgan fingerprint density at radius 2 is 1.69 bits per heavy atom. The number of rotatable bonds is 6. The van der Waals surface area contributed by atoms with E-state index in [2.05, 4.69) is 22.0 Å². The van der Waals surface area contributed by atoms with Crippen LogP contribution in [0.25, 0.3) is 5.69 Å². The van der Waals surface area contributed by atoms with Crippen LogP contribution in [-0.4, -0.2) is 47.0 Å². The second-order valence-electron chi connectivity index (χ2n) is 8.08. The third kappa shape index (κ3) is 4.58. The van der Waals surface area contributed by atoms with Crippen molar-refractivity contribution >= 4 is 23.2 Å². The van der Waals surface area contributed by atoms with Gasteiger partial charge in [-0.3, -0.25) is 9.59 Å². The Morgan fingerprint density at radius 3 is 2.31 bits per heavy atom. The van der Waals surface area contributed by atoms with Gasteiger partial charge in [0.05, 0.1) is 12.3 Å². The first kappa shape index (κ1) is 22.1. The van der Waals surface area contributed by atoms with E-state index in [0.29, 0.717) is 25.3 Å². The fraction of sp³-hybridized carbons (Fsp3) is 0.360. The molecule has 0 spiro atoms. The summed E-state index contributed by atoms with van der Waals surface area (Å²) in [5, 5.41) is 5.15. The van der Waals surface area contributed by atoms with Crippen LogP contribution in [0.4, 0.5) is 0 Å². The van der Waals surface area contributed by atoms with Gasteiger partial charge >= 0.3 is 0 Å². The molecule has 3 aromatic rings. The largest absolute Gasteiger partial charge is 0.494 e. The molecule has 32 heavy (non-hydrogen) atoms. The summed E-state index contributed by atoms with van der Waals surface area (Å²) in [6.45, 7) is 7.88. The highest BCUT2D eigenvalue weighted by Gasteiger charge is 2.26. The third-order valence-corrected chi connectivity index (χ3v) is 6.79. The average Bonchev–Trinajstić information content (AvgIpc) is 3.40. The Morgan fingerprint density at radius 1 is 1.03 bits per heavy atom. The lowest BCUT2D eigenvalue weighted by Gasteiger charge is -2.32. The van der Waals surface area contributed by atoms with Gasteiger partial charge in [-0.2, -0.15) is 0 Å². The van der Waals surface area contributed by atoms with Crippen molar-refractivity contribution in [1.82, 2.24) is 14.8 Å². The lowest BCUT2D eigenvalue weighted by molar-refractivity contribution is 0.0698. The van der Waals surface area contributed by atoms with Gasteiger partial charge in [0.1, 0.15) is 10.6 Å². The van der Waals surface area contributed by atoms with Crippen molar-refractivity contribution in [3.05, 3.63) is 69.7 Å². The van der Waals surface area contributed by atoms with Gasteiger partial charge in [0.15, 0.2) is 0 Å². The van der Waals surface area contributed by atoms with Crippen molar-refractivity contribution in [2.45, 2.75) is 39.7 Å². The zero-order valence-electron chi connectivity index (χ0n) is 18.8. The molecule has 7 heteroatoms. The number of piperidine rings is 1. The van der Waals surface area contributed by atoms with Crippen molar-refractivity contribution in [2.75, 3.05) is 19.7 Å². The van der Waals surface area contributed by atoms with Gasteiger partial charge in [-0.25, -0.2) is 0 Å². The lowest BCUT2D eigenvalue weighted by Crippen LogP contribution is -2.46. The third-order valence-electron chi connectivity index (χ3n) is 5.89. The van der Waals surface area contributed by atoms with Gasteiger partial charge in [-0.15, -0.1) is 11.3 Å². The topological polar surface area (TPSA) is 63.6 Å². The van der Waals surface area contributed by atoms with E-state index in [1.807, 2.05) is 61.4 Å². The number of thiophene rings is 1. The van der Waals surface area contributed by atoms with Gasteiger partial charge in [-0.05, 0) is 81.5 Å². The molecule has 2 aromatic heterocycles. The molecule has 4 rings (SSSR count). The predicted octanol–water partition coefficient (Wildman–Crippen LogP) is 4.59. The number of nitrogens with one attached hydrogen (secondary N) is 1. The Hall–Kier alpha value is -3.06. The zero-order chi connectivity index (χ0) is 22.7. The highest BCUT2D eigenvalue weighted by molar-refractivity contribution is 7.12. The maximum atomic E-state index is 13.0. The SMILES string of the molecule is CCOc1ccc(C(=O)N2CCC(NC(=O)c3sccc3-n3c(C)ccc3C)CC2)cc1. The quantitative estimate of drug-likeness (QED) is 0.596. The van der Waals surface area contributed by atoms with Crippen LogP contribution in [0.15, 0.2) is 47.8 Å². The molecule has 0 unspecified atom stereocenters. The molecule has 0 saturated carbocycles. The monoisotopic (exact) mass is 451 g/mol. The molecule has 1 saturated heterocycles. The van der Waals surface area contributed by atoms with Crippen LogP contribution in [0.5, 0.6) is 5.75 Å². The Balaban J connectivity index is 1.35. The Labute approximate surface area is 192 Å². The van der Waals surface area contributed by atoms with Crippen molar-refractivity contribution in [3.8, 4) is 11.4 Å². The summed E-state index contributed by atoms with van der Waals surface area (Å²) in [6, 6.07) is 13.5. The molecule has 0 bridgehead atoms. The molecule has 1 aromatic carbocycles. The maximum Gasteiger partial charge on any atom is 0.263 e. The smallest absolute Gasteiger partial charge is 0.263 e. The Bertz CT molecular complexity index is 1070. The fourth-order valence-electron chi connectivity index (χ4n) is 4.22. The van der Waals surface area contributed by atoms with Crippen LogP contribution in [0.2, 0.25) is 0 Å². The molecule has 0 aliphatic carbocycles. The van der Waals surface area contributed by atoms with Gasteiger partial charge in [-0.1, -0.05) is 0 Å². The van der Waals surface area contributed by atoms with Crippen LogP contribution in [-0.2, 0) is 0 Å². The van der Waals surface area contributed by atoms with Gasteiger partial charge in [0.25, 0.3) is 11.8 Å². The van der Waals surface area contributed by atoms with E-state index in [1.165, 1.54) is 11.3 Å². The number of aryl methyl sites for hydroxylation is 2. The van der Waals surface area contributed by atoms with E-state index >= 15 is 0 Å². The maximum absolute atomic E-state index is 13.0. The summed E-state index contributed by atoms with van der Waals surface area (Å²) in [5.74, 6) is 0.749. The van der Waals surface area contributed by atoms with E-state index in [4.69, 9.17) is 4.74 Å². The molecule has 168 valence electrons. The number of likely N-dealkylation sites (tertiary alicyclic amines) is 1. The van der Waals surface area contributed by atoms with E-state index < -0.39 is 0 Å². The molecule has 0 atom stereocenters. The van der Waals surface area contributed by atoms with Crippen molar-refractivity contribution in [2.24, 2.45) is 0 Å². The number of carbonyl (C=O) groups excluding carboxylic acids is 2. The van der Waals surface area contributed by atoms with Gasteiger partial charge in [0.2, 0.25) is 0 Å². The second kappa shape index (κ2) is 9.61. The number of hydrogen-bond acceptors (Lipinski definition) is 4. The van der Waals surface area contributed by atoms with E-state index in [1.54, 1.807) is 0 Å². The standard InChI is InChI=1S/C25H29N3O3S/c1-4-31-21-9-7-19(8-10-21)25(30)27-14-11-20(12-15-27)26-24(29)23-22(13-16-32-23)28-17(2)5-6-18(28)3/h5-10,13,16,20H,4,11-12,14-15H2,1-3H3,(H,26,29). The predicted molar refractivity (Wildman–Crippen MR) is 127 cm³/mol. The Kier molecular flexibility index (Phi) is 6.65. The van der Waals surface area contributed by atoms with Crippen LogP contribution in [0, 0.1) is 13.8 Å². The van der Waals surface area contributed by atoms with E-state index in [9.17, 15) is 9.59 Å². The highest BCUT2D eigenvalue weighted by atomic mass is 32.1. The molecule has 2 amide bonds. The first-order valence-corrected chi connectivity index (χ1v) is 11.9. The minimum Gasteiger partial charge on any atom is -0.494 e. The summed E-state index contributed by atoms with van der Waals surface area (Å²) >= 11 is 1.46. The molecule has 1 aliphatic heterocycles. The number of carbonyl (C=O) groups is 2. The van der Waals surface area contributed by atoms with Crippen LogP contribution in [0.1, 0.15) is 51.2 Å². The van der Waals surface area contributed by atoms with Gasteiger partial charge < -0.3 is 19.5 Å². The molecule has 1 aliphatic rings. The zero-order valence-corrected chi connectivity index (χ0v) is 19.6. The van der Waals surface area contributed by atoms with Crippen molar-refractivity contribution in [3.63, 3.8) is 0 Å². The van der Waals surface area contributed by atoms with E-state index in [0.717, 1.165) is 40.5 Å². The van der Waals surface area contributed by atoms with Crippen LogP contribution < -0.4 is 10.1 Å². The number of aromatic nitrogens is 1. The molecule has 0 radical (unpaired) electrons. The molecule has 1 fully saturated rings. The van der Waals surface area contributed by atoms with Crippen molar-refractivity contribution in [1.29, 1.82) is 0 Å². The summed E-state index contributed by atoms with van der Waals surface area (Å²) in [5.41, 5.74) is 3.80. The summed E-state index contributed by atoms with van der Waals surface area (Å²) in [6.07, 6.45) is 1.49. The van der Waals surface area contributed by atoms with Gasteiger partial charge in [0, 0.05) is 36.1 Å². The van der Waals surface area contributed by atoms with E-state index in [-0.39, 0.29) is 17.9 Å². The number of ether oxygens (including phenoxy) is 1. The summed E-state index contributed by atoms with van der Waals surface area (Å²) in [7, 11) is 0. The fourth-order valence-corrected chi connectivity index (χ4v) is 5.00. The molecule has 3 heterocycles. The molecule has 6 nitrogen and oxygen atoms in total. The average molecular weight is 452 g/mol. The molecular formula is C25H29N3O3S. The minimum absolute atomic E-state index is 0.0249. The van der Waals surface area contributed by atoms with Crippen LogP contribution >= 0.6 is 11.3 Å². The summed E-state index contributed by atoms with van der Waals surface area (Å²) in [4.78, 5) is 28.4. The lowest BCUT2D eigenvalue weighted by atomic mass is 10.0. The highest BCUT2D eigenvalue weighted by Crippen LogP contribution is 2.26. The number of nitrogens with zero attached hydrogens (tertiary/aromatic N) is 2. The molecule has 1 N–H and O–H groups in total. The normalized spacial score (nSPS) is 14.4. The number of amides is 2. The summed E-state index contributed by atoms with van der Waals surface area (Å²) < 4.78 is 7.56. The number of hydrogen-bond donors (Lipinski definition) is 1. The van der Waals surface area contributed by atoms with Crippen molar-refractivity contribution < 1.29 is 14.3 Å². The minimum atomic E-state index is -0.0428. The number of benzene rings is 1. The first-order valence-electron chi connectivity index (χ1n) is 11.0. The van der Waals surface area contributed by atoms with Crippen LogP contribution in [0.3, 0.4) is 0 Å².